The largest absolute Gasteiger partial charge is 0.494 e. The Kier molecular flexibility index (Phi) is 4.39. The van der Waals surface area contributed by atoms with Crippen molar-refractivity contribution < 1.29 is 13.9 Å². The number of rotatable bonds is 4. The third kappa shape index (κ3) is 3.24. The molecule has 0 aliphatic carbocycles. The van der Waals surface area contributed by atoms with E-state index >= 15 is 0 Å². The number of benzene rings is 1. The van der Waals surface area contributed by atoms with E-state index in [1.165, 1.54) is 24.5 Å². The second kappa shape index (κ2) is 6.04. The van der Waals surface area contributed by atoms with E-state index in [-0.39, 0.29) is 5.75 Å². The highest BCUT2D eigenvalue weighted by atomic mass is 35.5. The number of amides is 1. The molecule has 0 spiro atoms. The third-order valence-corrected chi connectivity index (χ3v) is 3.72. The van der Waals surface area contributed by atoms with Gasteiger partial charge in [0.1, 0.15) is 0 Å². The molecular formula is C13H11ClFNO2S. The first-order valence-electron chi connectivity index (χ1n) is 5.45. The minimum absolute atomic E-state index is 0.205. The van der Waals surface area contributed by atoms with Crippen molar-refractivity contribution in [1.82, 2.24) is 5.32 Å². The highest BCUT2D eigenvalue weighted by Gasteiger charge is 2.10. The topological polar surface area (TPSA) is 38.3 Å². The summed E-state index contributed by atoms with van der Waals surface area (Å²) in [5.41, 5.74) is 1.63. The van der Waals surface area contributed by atoms with Gasteiger partial charge >= 0.3 is 5.37 Å². The monoisotopic (exact) mass is 299 g/mol. The molecule has 0 radical (unpaired) electrons. The maximum atomic E-state index is 13.7. The summed E-state index contributed by atoms with van der Waals surface area (Å²) in [5.74, 6) is -0.211. The first-order chi connectivity index (χ1) is 9.11. The molecule has 6 heteroatoms. The summed E-state index contributed by atoms with van der Waals surface area (Å²) in [6.07, 6.45) is 0. The average molecular weight is 300 g/mol. The number of halogens is 2. The zero-order chi connectivity index (χ0) is 13.8. The molecule has 0 fully saturated rings. The Hall–Kier alpha value is -1.59. The number of methoxy groups -OCH3 is 1. The summed E-state index contributed by atoms with van der Waals surface area (Å²) < 4.78 is 18.6. The van der Waals surface area contributed by atoms with Crippen molar-refractivity contribution in [3.05, 3.63) is 41.0 Å². The lowest BCUT2D eigenvalue weighted by atomic mass is 10.1. The third-order valence-electron chi connectivity index (χ3n) is 2.58. The van der Waals surface area contributed by atoms with E-state index in [9.17, 15) is 9.18 Å². The van der Waals surface area contributed by atoms with Crippen molar-refractivity contribution >= 4 is 28.3 Å². The molecule has 0 bridgehead atoms. The van der Waals surface area contributed by atoms with Crippen LogP contribution < -0.4 is 10.1 Å². The molecule has 2 aromatic rings. The second-order valence-corrected chi connectivity index (χ2v) is 5.01. The molecule has 2 rings (SSSR count). The van der Waals surface area contributed by atoms with Crippen LogP contribution in [0.5, 0.6) is 5.75 Å². The summed E-state index contributed by atoms with van der Waals surface area (Å²) in [4.78, 5) is 11.6. The minimum Gasteiger partial charge on any atom is -0.494 e. The molecule has 0 aliphatic heterocycles. The van der Waals surface area contributed by atoms with E-state index in [4.69, 9.17) is 16.3 Å². The van der Waals surface area contributed by atoms with Gasteiger partial charge in [0.05, 0.1) is 7.11 Å². The summed E-state index contributed by atoms with van der Waals surface area (Å²) in [6, 6.07) is 6.64. The standard InChI is InChI=1S/C13H11ClFNO2S/c1-18-11-3-2-8(6-10(11)15)12-9(4-5-19-12)7-16-13(14)17/h2-6H,7H2,1H3,(H,16,17). The quantitative estimate of drug-likeness (QED) is 0.684. The molecule has 0 aliphatic rings. The van der Waals surface area contributed by atoms with Gasteiger partial charge in [-0.05, 0) is 52.4 Å². The average Bonchev–Trinajstić information content (AvgIpc) is 2.84. The number of nitrogens with one attached hydrogen (secondary N) is 1. The smallest absolute Gasteiger partial charge is 0.314 e. The van der Waals surface area contributed by atoms with Gasteiger partial charge in [0, 0.05) is 11.4 Å². The first-order valence-corrected chi connectivity index (χ1v) is 6.71. The van der Waals surface area contributed by atoms with Crippen molar-refractivity contribution in [2.24, 2.45) is 0 Å². The lowest BCUT2D eigenvalue weighted by molar-refractivity contribution is 0.259. The van der Waals surface area contributed by atoms with E-state index in [0.717, 1.165) is 16.0 Å². The predicted octanol–water partition coefficient (Wildman–Crippen LogP) is 4.01. The fraction of sp³-hybridized carbons (Fsp3) is 0.154. The van der Waals surface area contributed by atoms with Crippen LogP contribution in [0.1, 0.15) is 5.56 Å². The van der Waals surface area contributed by atoms with Gasteiger partial charge in [-0.2, -0.15) is 0 Å². The van der Waals surface area contributed by atoms with Crippen LogP contribution in [-0.2, 0) is 6.54 Å². The van der Waals surface area contributed by atoms with E-state index in [2.05, 4.69) is 5.32 Å². The molecule has 0 saturated carbocycles. The van der Waals surface area contributed by atoms with Crippen LogP contribution in [0.2, 0.25) is 0 Å². The Labute approximate surface area is 119 Å². The Morgan fingerprint density at radius 1 is 1.47 bits per heavy atom. The zero-order valence-electron chi connectivity index (χ0n) is 10.1. The minimum atomic E-state index is -0.613. The molecule has 1 N–H and O–H groups in total. The number of hydrogen-bond donors (Lipinski definition) is 1. The molecule has 0 saturated heterocycles. The van der Waals surface area contributed by atoms with Gasteiger partial charge in [-0.25, -0.2) is 4.39 Å². The van der Waals surface area contributed by atoms with Crippen molar-refractivity contribution in [3.63, 3.8) is 0 Å². The summed E-state index contributed by atoms with van der Waals surface area (Å²) >= 11 is 6.71. The lowest BCUT2D eigenvalue weighted by Crippen LogP contribution is -2.15. The number of carbonyl (C=O) groups excluding carboxylic acids is 1. The molecule has 1 aromatic carbocycles. The molecule has 3 nitrogen and oxygen atoms in total. The SMILES string of the molecule is COc1ccc(-c2sccc2CNC(=O)Cl)cc1F. The second-order valence-electron chi connectivity index (χ2n) is 3.75. The molecular weight excluding hydrogens is 289 g/mol. The van der Waals surface area contributed by atoms with E-state index in [1.807, 2.05) is 11.4 Å². The summed E-state index contributed by atoms with van der Waals surface area (Å²) in [7, 11) is 1.42. The predicted molar refractivity (Wildman–Crippen MR) is 74.4 cm³/mol. The van der Waals surface area contributed by atoms with Crippen molar-refractivity contribution in [2.75, 3.05) is 7.11 Å². The van der Waals surface area contributed by atoms with Crippen molar-refractivity contribution in [3.8, 4) is 16.2 Å². The number of ether oxygens (including phenoxy) is 1. The fourth-order valence-corrected chi connectivity index (χ4v) is 2.69. The van der Waals surface area contributed by atoms with Crippen LogP contribution in [0.25, 0.3) is 10.4 Å². The van der Waals surface area contributed by atoms with Crippen molar-refractivity contribution in [1.29, 1.82) is 0 Å². The van der Waals surface area contributed by atoms with E-state index in [1.54, 1.807) is 12.1 Å². The molecule has 1 aromatic heterocycles. The maximum absolute atomic E-state index is 13.7. The molecule has 19 heavy (non-hydrogen) atoms. The normalized spacial score (nSPS) is 10.3. The van der Waals surface area contributed by atoms with Crippen molar-refractivity contribution in [2.45, 2.75) is 6.54 Å². The highest BCUT2D eigenvalue weighted by molar-refractivity contribution is 7.13. The number of hydrogen-bond acceptors (Lipinski definition) is 3. The van der Waals surface area contributed by atoms with Gasteiger partial charge in [-0.15, -0.1) is 11.3 Å². The van der Waals surface area contributed by atoms with Gasteiger partial charge in [0.2, 0.25) is 0 Å². The molecule has 1 heterocycles. The Bertz CT molecular complexity index is 600. The van der Waals surface area contributed by atoms with Crippen LogP contribution in [0.15, 0.2) is 29.6 Å². The Morgan fingerprint density at radius 3 is 2.89 bits per heavy atom. The van der Waals surface area contributed by atoms with Gasteiger partial charge in [0.15, 0.2) is 11.6 Å². The van der Waals surface area contributed by atoms with Crippen LogP contribution in [0.4, 0.5) is 9.18 Å². The fourth-order valence-electron chi connectivity index (χ4n) is 1.70. The lowest BCUT2D eigenvalue weighted by Gasteiger charge is -2.06. The van der Waals surface area contributed by atoms with Crippen LogP contribution in [0, 0.1) is 5.82 Å². The number of thiophene rings is 1. The van der Waals surface area contributed by atoms with Crippen LogP contribution in [-0.4, -0.2) is 12.5 Å². The van der Waals surface area contributed by atoms with E-state index < -0.39 is 11.2 Å². The number of carbonyl (C=O) groups is 1. The Balaban J connectivity index is 2.29. The van der Waals surface area contributed by atoms with E-state index in [0.29, 0.717) is 6.54 Å². The van der Waals surface area contributed by atoms with Gasteiger partial charge in [0.25, 0.3) is 0 Å². The highest BCUT2D eigenvalue weighted by Crippen LogP contribution is 2.32. The molecule has 0 unspecified atom stereocenters. The molecule has 0 atom stereocenters. The molecule has 100 valence electrons. The first kappa shape index (κ1) is 13.8. The molecule has 1 amide bonds. The van der Waals surface area contributed by atoms with Crippen LogP contribution in [0.3, 0.4) is 0 Å². The Morgan fingerprint density at radius 2 is 2.26 bits per heavy atom. The van der Waals surface area contributed by atoms with Gasteiger partial charge in [-0.1, -0.05) is 0 Å². The maximum Gasteiger partial charge on any atom is 0.314 e. The summed E-state index contributed by atoms with van der Waals surface area (Å²) in [6.45, 7) is 0.314. The zero-order valence-corrected chi connectivity index (χ0v) is 11.6. The summed E-state index contributed by atoms with van der Waals surface area (Å²) in [5, 5.41) is 3.78. The van der Waals surface area contributed by atoms with Gasteiger partial charge < -0.3 is 10.1 Å². The van der Waals surface area contributed by atoms with Gasteiger partial charge in [-0.3, -0.25) is 4.79 Å². The van der Waals surface area contributed by atoms with Crippen LogP contribution >= 0.6 is 22.9 Å².